The molecule has 0 bridgehead atoms. The van der Waals surface area contributed by atoms with E-state index in [2.05, 4.69) is 52.1 Å². The van der Waals surface area contributed by atoms with Gasteiger partial charge in [-0.1, -0.05) is 10.2 Å². The lowest BCUT2D eigenvalue weighted by atomic mass is 10.1. The zero-order chi connectivity index (χ0) is 104. The molecule has 3 fully saturated rings. The van der Waals surface area contributed by atoms with Crippen molar-refractivity contribution in [3.63, 3.8) is 0 Å². The molecule has 2 aromatic rings. The van der Waals surface area contributed by atoms with E-state index in [9.17, 15) is 58.7 Å². The van der Waals surface area contributed by atoms with Crippen LogP contribution in [0.3, 0.4) is 0 Å². The molecule has 8 atom stereocenters. The topological polar surface area (TPSA) is 712 Å². The number of rotatable bonds is 90. The Kier molecular flexibility index (Phi) is 88.5. The number of nitrogen functional groups attached to an aromatic ring is 2. The van der Waals surface area contributed by atoms with Gasteiger partial charge in [-0.15, -0.1) is 5.06 Å². The summed E-state index contributed by atoms with van der Waals surface area (Å²) in [6, 6.07) is 0. The molecule has 3 saturated heterocycles. The number of nitrogens with two attached hydrogens (primary N) is 3. The van der Waals surface area contributed by atoms with Crippen LogP contribution in [0.2, 0.25) is 0 Å². The molecular formula is C84H153FN16O39S. The molecule has 0 spiro atoms. The molecular weight excluding hydrogens is 1910 g/mol. The van der Waals surface area contributed by atoms with Crippen LogP contribution in [-0.4, -0.2) is 486 Å². The number of azide groups is 2. The molecule has 57 heteroatoms. The third kappa shape index (κ3) is 71.0. The van der Waals surface area contributed by atoms with Crippen LogP contribution in [0.25, 0.3) is 20.9 Å². The second-order valence-corrected chi connectivity index (χ2v) is 29.2. The van der Waals surface area contributed by atoms with Gasteiger partial charge in [0, 0.05) is 91.7 Å². The standard InChI is InChI=1S/C39H71N7O18.C31H56N4O16.C12H20N4O5.CH3F.CH3NS/c40-37-32(30-46(39(51)44-37)38-36(50)35(49)33(31-47)64-38)2-1-4-42-34(48)3-6-52-8-10-54-12-14-56-16-18-58-20-22-60-24-26-62-28-29-63-27-25-61-23-21-59-19-17-57-15-13-55-11-9-53-7-5-43-45-41;32-34-33-4-6-40-8-10-42-12-14-44-16-18-46-20-22-48-24-26-50-28-27-49-25-23-47-21-19-45-17-15-43-13-11-41-9-7-39-5-3-31(38)51-35-29(36)1-2-30(35)37;13-3-1-2-6-4-16(12(20)15-10(6)14)11-9(19)8(18)7(5-17)21-11;1-2;1-2-3/h30,33,35-36,38,47,49-50H,1-29,31H2,(H,42,48)(H2,40,44,51);1-28H2;4,7-9,11,17-19H,1-3,5,13H2,(H2,14,15,20);1H3;1H3/t33-,35?,36+,38-;;7-,8?,9+,11-;;/m1.1../s1/i;;;1D;. The van der Waals surface area contributed by atoms with Crippen molar-refractivity contribution in [3.05, 3.63) is 65.4 Å². The number of halogens is 1. The van der Waals surface area contributed by atoms with Crippen molar-refractivity contribution in [2.75, 3.05) is 382 Å². The third-order valence-electron chi connectivity index (χ3n) is 18.4. The number of hydrogen-bond donors (Lipinski definition) is 10. The Balaban J connectivity index is 0.00000114. The number of carbonyl (C=O) groups excluding carboxylic acids is 4. The van der Waals surface area contributed by atoms with Gasteiger partial charge in [0.05, 0.1) is 345 Å². The minimum atomic E-state index is -1.43. The van der Waals surface area contributed by atoms with E-state index in [1.54, 1.807) is 7.05 Å². The smallest absolute Gasteiger partial charge is 0.351 e. The summed E-state index contributed by atoms with van der Waals surface area (Å²) in [7, 11) is 0.565. The lowest BCUT2D eigenvalue weighted by Gasteiger charge is -2.18. The molecule has 2 unspecified atom stereocenters. The van der Waals surface area contributed by atoms with Gasteiger partial charge in [0.15, 0.2) is 12.5 Å². The molecule has 0 aliphatic carbocycles. The highest BCUT2D eigenvalue weighted by molar-refractivity contribution is 7.47. The number of aromatic nitrogens is 4. The SMILES string of the molecule is CN=S.NCCCc1cn([C@@H]2O[C@H](CO)C(O)[C@@H]2O)c(=O)nc1N.[2H]CF.[N-]=[N+]=NCCOCCOCCOCCOCCOCCOCCOCCOCCOCCOCCOCCOCCC(=O)NCCCc1cn([C@@H]2O[C@H](CO)C(O)[C@@H]2O)c(=O)nc1N.[N-]=[N+]=NCCOCCOCCOCCOCCOCCOCCOCCOCCOCCOCCOCCOCCC(=O)ON1C(=O)CCC1=O. The Morgan fingerprint density at radius 2 is 0.674 bits per heavy atom. The lowest BCUT2D eigenvalue weighted by molar-refractivity contribution is -0.198. The number of ether oxygens (including phenoxy) is 26. The number of alkyl halides is 1. The molecule has 5 rings (SSSR count). The van der Waals surface area contributed by atoms with E-state index in [0.717, 1.165) is 9.13 Å². The predicted octanol–water partition coefficient (Wildman–Crippen LogP) is -2.86. The van der Waals surface area contributed by atoms with Crippen molar-refractivity contribution in [2.45, 2.75) is 100 Å². The number of nitrogens with zero attached hydrogens (tertiary/aromatic N) is 12. The maximum Gasteiger partial charge on any atom is 0.351 e. The Morgan fingerprint density at radius 1 is 0.440 bits per heavy atom. The van der Waals surface area contributed by atoms with Gasteiger partial charge >= 0.3 is 17.3 Å². The van der Waals surface area contributed by atoms with Gasteiger partial charge in [0.25, 0.3) is 11.8 Å². The molecule has 0 saturated carbocycles. The molecule has 13 N–H and O–H groups in total. The van der Waals surface area contributed by atoms with E-state index >= 15 is 0 Å². The van der Waals surface area contributed by atoms with E-state index in [1.165, 1.54) is 12.4 Å². The second-order valence-electron chi connectivity index (χ2n) is 28.8. The summed E-state index contributed by atoms with van der Waals surface area (Å²) in [5, 5.41) is 68.4. The summed E-state index contributed by atoms with van der Waals surface area (Å²) in [5.74, 6) is -1.79. The minimum Gasteiger partial charge on any atom is -0.394 e. The van der Waals surface area contributed by atoms with Gasteiger partial charge in [-0.25, -0.2) is 18.7 Å². The first-order valence-corrected chi connectivity index (χ1v) is 46.7. The highest BCUT2D eigenvalue weighted by atomic mass is 32.1. The molecule has 55 nitrogen and oxygen atoms in total. The molecule has 3 amide bonds. The quantitative estimate of drug-likeness (QED) is 0.0105. The van der Waals surface area contributed by atoms with E-state index in [1.807, 2.05) is 0 Å². The summed E-state index contributed by atoms with van der Waals surface area (Å²) in [5.41, 5.74) is 33.0. The van der Waals surface area contributed by atoms with Gasteiger partial charge < -0.3 is 181 Å². The maximum absolute atomic E-state index is 12.4. The van der Waals surface area contributed by atoms with Crippen molar-refractivity contribution in [2.24, 2.45) is 20.3 Å². The summed E-state index contributed by atoms with van der Waals surface area (Å²) < 4.78 is 161. The fourth-order valence-corrected chi connectivity index (χ4v) is 11.4. The Labute approximate surface area is 826 Å². The monoisotopic (exact) mass is 2060 g/mol. The number of hydroxylamine groups is 2. The predicted molar refractivity (Wildman–Crippen MR) is 497 cm³/mol. The number of nitrogens with one attached hydrogen (secondary N) is 1. The normalized spacial score (nSPS) is 17.0. The van der Waals surface area contributed by atoms with Crippen LogP contribution >= 0.6 is 0 Å². The summed E-state index contributed by atoms with van der Waals surface area (Å²) in [6.07, 6.45) is -4.61. The first-order valence-electron chi connectivity index (χ1n) is 47.0. The van der Waals surface area contributed by atoms with Crippen molar-refractivity contribution in [1.82, 2.24) is 29.5 Å². The van der Waals surface area contributed by atoms with Crippen molar-refractivity contribution < 1.29 is 184 Å². The number of aliphatic hydroxyl groups excluding tert-OH is 6. The Morgan fingerprint density at radius 3 is 0.908 bits per heavy atom. The number of hydrogen-bond acceptors (Lipinski definition) is 48. The Hall–Kier alpha value is -7.31. The first-order chi connectivity index (χ1) is 69.3. The molecule has 141 heavy (non-hydrogen) atoms. The van der Waals surface area contributed by atoms with E-state index in [0.29, 0.717) is 365 Å². The molecule has 5 heterocycles. The zero-order valence-electron chi connectivity index (χ0n) is 81.9. The van der Waals surface area contributed by atoms with Crippen LogP contribution in [0.5, 0.6) is 0 Å². The summed E-state index contributed by atoms with van der Waals surface area (Å²) >= 11 is 4.02. The van der Waals surface area contributed by atoms with Crippen molar-refractivity contribution >= 4 is 47.8 Å². The van der Waals surface area contributed by atoms with Gasteiger partial charge in [0.1, 0.15) is 48.3 Å². The third-order valence-corrected chi connectivity index (χ3v) is 18.4. The fraction of sp³-hybridized carbons (Fsp3) is 0.857. The number of carbonyl (C=O) groups is 4. The second kappa shape index (κ2) is 96.2. The van der Waals surface area contributed by atoms with Crippen LogP contribution < -0.4 is 33.9 Å². The summed E-state index contributed by atoms with van der Waals surface area (Å²) in [6.45, 7) is 21.1. The maximum atomic E-state index is 12.4. The fourth-order valence-electron chi connectivity index (χ4n) is 11.4. The molecule has 3 aliphatic rings. The molecule has 0 aromatic carbocycles. The number of imide groups is 1. The van der Waals surface area contributed by atoms with E-state index in [4.69, 9.17) is 163 Å². The highest BCUT2D eigenvalue weighted by Gasteiger charge is 2.45. The molecule has 816 valence electrons. The number of aliphatic hydroxyl groups is 6. The number of aryl methyl sites for hydroxylation is 2. The lowest BCUT2D eigenvalue weighted by Crippen LogP contribution is -2.36. The van der Waals surface area contributed by atoms with Gasteiger partial charge in [-0.05, 0) is 43.3 Å². The van der Waals surface area contributed by atoms with Gasteiger partial charge in [-0.2, -0.15) is 9.97 Å². The van der Waals surface area contributed by atoms with Crippen LogP contribution in [0.1, 0.15) is 63.5 Å². The number of amides is 3. The average molecular weight is 2060 g/mol. The molecule has 2 aromatic heterocycles. The van der Waals surface area contributed by atoms with Crippen molar-refractivity contribution in [3.8, 4) is 0 Å². The number of anilines is 2. The van der Waals surface area contributed by atoms with E-state index in [-0.39, 0.29) is 63.0 Å². The largest absolute Gasteiger partial charge is 0.394 e. The molecule has 3 aliphatic heterocycles. The first kappa shape index (κ1) is 130. The highest BCUT2D eigenvalue weighted by Crippen LogP contribution is 2.30. The van der Waals surface area contributed by atoms with E-state index < -0.39 is 98.6 Å². The Bertz CT molecular complexity index is 3610. The van der Waals surface area contributed by atoms with Crippen LogP contribution in [0.15, 0.2) is 36.6 Å². The minimum absolute atomic E-state index is 0.0189. The molecule has 0 radical (unpaired) electrons. The van der Waals surface area contributed by atoms with Crippen LogP contribution in [0.4, 0.5) is 16.0 Å². The van der Waals surface area contributed by atoms with Crippen molar-refractivity contribution in [1.29, 1.82) is 0 Å². The van der Waals surface area contributed by atoms with Gasteiger partial charge in [-0.3, -0.25) is 27.9 Å². The van der Waals surface area contributed by atoms with Crippen LogP contribution in [0, 0.1) is 0 Å². The van der Waals surface area contributed by atoms with Gasteiger partial charge in [0.2, 0.25) is 5.91 Å². The average Bonchev–Trinajstić information content (AvgIpc) is 1.67. The summed E-state index contributed by atoms with van der Waals surface area (Å²) in [4.78, 5) is 88.4. The van der Waals surface area contributed by atoms with Crippen LogP contribution in [-0.2, 0) is 172 Å². The zero-order valence-corrected chi connectivity index (χ0v) is 81.7.